The average molecular weight is 332 g/mol. The summed E-state index contributed by atoms with van der Waals surface area (Å²) in [5.74, 6) is 1.86. The lowest BCUT2D eigenvalue weighted by atomic mass is 10.2. The van der Waals surface area contributed by atoms with E-state index < -0.39 is 0 Å². The topological polar surface area (TPSA) is 9.23 Å². The number of ether oxygens (including phenoxy) is 1. The summed E-state index contributed by atoms with van der Waals surface area (Å²) in [6.07, 6.45) is 4.35. The minimum absolute atomic E-state index is 0.604. The van der Waals surface area contributed by atoms with Crippen LogP contribution in [0.4, 0.5) is 0 Å². The first-order chi connectivity index (χ1) is 11.9. The number of benzene rings is 3. The molecule has 0 bridgehead atoms. The van der Waals surface area contributed by atoms with Crippen molar-refractivity contribution < 1.29 is 4.74 Å². The van der Waals surface area contributed by atoms with E-state index in [0.29, 0.717) is 6.61 Å². The molecule has 0 aliphatic rings. The second-order valence-corrected chi connectivity index (χ2v) is 6.46. The molecule has 0 N–H and O–H groups in total. The third-order valence-corrected chi connectivity index (χ3v) is 4.49. The van der Waals surface area contributed by atoms with Crippen LogP contribution >= 0.6 is 11.8 Å². The Labute approximate surface area is 148 Å². The van der Waals surface area contributed by atoms with Gasteiger partial charge in [0.2, 0.25) is 0 Å². The van der Waals surface area contributed by atoms with E-state index in [1.54, 1.807) is 0 Å². The number of thioether (sulfide) groups is 1. The molecule has 0 aromatic heterocycles. The van der Waals surface area contributed by atoms with E-state index in [2.05, 4.69) is 60.7 Å². The van der Waals surface area contributed by atoms with E-state index in [4.69, 9.17) is 4.74 Å². The largest absolute Gasteiger partial charge is 0.489 e. The predicted octanol–water partition coefficient (Wildman–Crippen LogP) is 6.07. The summed E-state index contributed by atoms with van der Waals surface area (Å²) in [5.41, 5.74) is 2.42. The SMILES string of the molecule is C(=Cc1ccccc1)CSc1ccc(OCc2ccccc2)cc1. The second kappa shape index (κ2) is 8.99. The number of hydrogen-bond donors (Lipinski definition) is 0. The summed E-state index contributed by atoms with van der Waals surface area (Å²) in [7, 11) is 0. The molecule has 120 valence electrons. The van der Waals surface area contributed by atoms with Gasteiger partial charge in [0.25, 0.3) is 0 Å². The van der Waals surface area contributed by atoms with Gasteiger partial charge in [-0.3, -0.25) is 0 Å². The molecule has 24 heavy (non-hydrogen) atoms. The summed E-state index contributed by atoms with van der Waals surface area (Å²) in [6.45, 7) is 0.604. The van der Waals surface area contributed by atoms with Crippen LogP contribution in [-0.2, 0) is 6.61 Å². The Hall–Kier alpha value is -2.45. The third kappa shape index (κ3) is 5.32. The molecule has 0 aliphatic carbocycles. The number of rotatable bonds is 7. The first-order valence-corrected chi connectivity index (χ1v) is 9.00. The van der Waals surface area contributed by atoms with Crippen molar-refractivity contribution in [3.8, 4) is 5.75 Å². The molecule has 1 nitrogen and oxygen atoms in total. The van der Waals surface area contributed by atoms with Crippen LogP contribution in [0.15, 0.2) is 95.9 Å². The molecule has 3 rings (SSSR count). The van der Waals surface area contributed by atoms with Crippen molar-refractivity contribution in [1.29, 1.82) is 0 Å². The van der Waals surface area contributed by atoms with Crippen molar-refractivity contribution in [2.45, 2.75) is 11.5 Å². The van der Waals surface area contributed by atoms with Crippen LogP contribution in [-0.4, -0.2) is 5.75 Å². The Kier molecular flexibility index (Phi) is 6.15. The first-order valence-electron chi connectivity index (χ1n) is 8.01. The fourth-order valence-electron chi connectivity index (χ4n) is 2.27. The smallest absolute Gasteiger partial charge is 0.119 e. The Morgan fingerprint density at radius 1 is 0.750 bits per heavy atom. The van der Waals surface area contributed by atoms with Crippen molar-refractivity contribution in [3.05, 3.63) is 102 Å². The van der Waals surface area contributed by atoms with Crippen LogP contribution in [0, 0.1) is 0 Å². The molecular weight excluding hydrogens is 312 g/mol. The lowest BCUT2D eigenvalue weighted by Crippen LogP contribution is -1.94. The van der Waals surface area contributed by atoms with Crippen molar-refractivity contribution in [2.24, 2.45) is 0 Å². The van der Waals surface area contributed by atoms with Crippen LogP contribution in [0.5, 0.6) is 5.75 Å². The maximum Gasteiger partial charge on any atom is 0.119 e. The highest BCUT2D eigenvalue weighted by Gasteiger charge is 1.97. The average Bonchev–Trinajstić information content (AvgIpc) is 2.66. The maximum absolute atomic E-state index is 5.81. The van der Waals surface area contributed by atoms with Gasteiger partial charge in [0, 0.05) is 10.6 Å². The Morgan fingerprint density at radius 2 is 1.42 bits per heavy atom. The molecular formula is C22H20OS. The molecule has 3 aromatic carbocycles. The van der Waals surface area contributed by atoms with Gasteiger partial charge in [-0.25, -0.2) is 0 Å². The molecule has 0 amide bonds. The summed E-state index contributed by atoms with van der Waals surface area (Å²) in [6, 6.07) is 28.9. The normalized spacial score (nSPS) is 10.8. The highest BCUT2D eigenvalue weighted by Crippen LogP contribution is 2.22. The lowest BCUT2D eigenvalue weighted by Gasteiger charge is -2.07. The zero-order valence-corrected chi connectivity index (χ0v) is 14.3. The van der Waals surface area contributed by atoms with E-state index in [9.17, 15) is 0 Å². The molecule has 0 saturated heterocycles. The van der Waals surface area contributed by atoms with Crippen LogP contribution in [0.25, 0.3) is 6.08 Å². The predicted molar refractivity (Wildman–Crippen MR) is 103 cm³/mol. The molecule has 0 heterocycles. The molecule has 2 heteroatoms. The molecule has 0 aliphatic heterocycles. The zero-order chi connectivity index (χ0) is 16.5. The Morgan fingerprint density at radius 3 is 2.12 bits per heavy atom. The highest BCUT2D eigenvalue weighted by atomic mass is 32.2. The molecule has 3 aromatic rings. The van der Waals surface area contributed by atoms with Gasteiger partial charge >= 0.3 is 0 Å². The van der Waals surface area contributed by atoms with Crippen molar-refractivity contribution >= 4 is 17.8 Å². The summed E-state index contributed by atoms with van der Waals surface area (Å²) < 4.78 is 5.81. The minimum Gasteiger partial charge on any atom is -0.489 e. The van der Waals surface area contributed by atoms with Gasteiger partial charge < -0.3 is 4.74 Å². The second-order valence-electron chi connectivity index (χ2n) is 5.37. The van der Waals surface area contributed by atoms with Gasteiger partial charge in [0.05, 0.1) is 0 Å². The Bertz CT molecular complexity index is 749. The van der Waals surface area contributed by atoms with Crippen molar-refractivity contribution in [1.82, 2.24) is 0 Å². The fraction of sp³-hybridized carbons (Fsp3) is 0.0909. The summed E-state index contributed by atoms with van der Waals surface area (Å²) in [4.78, 5) is 1.25. The summed E-state index contributed by atoms with van der Waals surface area (Å²) >= 11 is 1.82. The standard InChI is InChI=1S/C22H20OS/c1-3-8-19(9-4-1)12-7-17-24-22-15-13-21(14-16-22)23-18-20-10-5-2-6-11-20/h1-16H,17-18H2. The van der Waals surface area contributed by atoms with Crippen LogP contribution in [0.2, 0.25) is 0 Å². The Balaban J connectivity index is 1.45. The summed E-state index contributed by atoms with van der Waals surface area (Å²) in [5, 5.41) is 0. The van der Waals surface area contributed by atoms with E-state index >= 15 is 0 Å². The van der Waals surface area contributed by atoms with Gasteiger partial charge in [-0.2, -0.15) is 0 Å². The van der Waals surface area contributed by atoms with Gasteiger partial charge in [0.1, 0.15) is 12.4 Å². The van der Waals surface area contributed by atoms with Crippen LogP contribution < -0.4 is 4.74 Å². The van der Waals surface area contributed by atoms with Crippen molar-refractivity contribution in [3.63, 3.8) is 0 Å². The minimum atomic E-state index is 0.604. The van der Waals surface area contributed by atoms with Gasteiger partial charge in [-0.05, 0) is 35.4 Å². The zero-order valence-electron chi connectivity index (χ0n) is 13.5. The molecule has 0 spiro atoms. The van der Waals surface area contributed by atoms with Gasteiger partial charge in [-0.15, -0.1) is 11.8 Å². The molecule has 0 unspecified atom stereocenters. The van der Waals surface area contributed by atoms with Gasteiger partial charge in [-0.1, -0.05) is 72.8 Å². The van der Waals surface area contributed by atoms with Gasteiger partial charge in [0.15, 0.2) is 0 Å². The molecule has 0 saturated carbocycles. The maximum atomic E-state index is 5.81. The lowest BCUT2D eigenvalue weighted by molar-refractivity contribution is 0.306. The molecule has 0 radical (unpaired) electrons. The van der Waals surface area contributed by atoms with E-state index in [1.165, 1.54) is 16.0 Å². The van der Waals surface area contributed by atoms with Crippen molar-refractivity contribution in [2.75, 3.05) is 5.75 Å². The highest BCUT2D eigenvalue weighted by molar-refractivity contribution is 7.99. The first kappa shape index (κ1) is 16.4. The van der Waals surface area contributed by atoms with E-state index in [1.807, 2.05) is 48.2 Å². The van der Waals surface area contributed by atoms with Crippen LogP contribution in [0.3, 0.4) is 0 Å². The molecule has 0 atom stereocenters. The van der Waals surface area contributed by atoms with Crippen LogP contribution in [0.1, 0.15) is 11.1 Å². The quantitative estimate of drug-likeness (QED) is 0.486. The van der Waals surface area contributed by atoms with E-state index in [-0.39, 0.29) is 0 Å². The third-order valence-electron chi connectivity index (χ3n) is 3.53. The number of hydrogen-bond acceptors (Lipinski definition) is 2. The van der Waals surface area contributed by atoms with E-state index in [0.717, 1.165) is 11.5 Å². The fourth-order valence-corrected chi connectivity index (χ4v) is 2.98. The monoisotopic (exact) mass is 332 g/mol. The molecule has 0 fully saturated rings.